The molecule has 0 fully saturated rings. The van der Waals surface area contributed by atoms with E-state index in [1.807, 2.05) is 0 Å². The van der Waals surface area contributed by atoms with Crippen LogP contribution in [0.1, 0.15) is 28.1 Å². The van der Waals surface area contributed by atoms with Gasteiger partial charge >= 0.3 is 163 Å². The van der Waals surface area contributed by atoms with Gasteiger partial charge in [-0.1, -0.05) is 0 Å². The summed E-state index contributed by atoms with van der Waals surface area (Å²) in [6.45, 7) is 14.6. The van der Waals surface area contributed by atoms with Gasteiger partial charge in [0.15, 0.2) is 0 Å². The summed E-state index contributed by atoms with van der Waals surface area (Å²) >= 11 is -5.18. The molecule has 1 aromatic rings. The van der Waals surface area contributed by atoms with Crippen molar-refractivity contribution in [3.05, 3.63) is 63.0 Å². The van der Waals surface area contributed by atoms with Gasteiger partial charge in [0.1, 0.15) is 0 Å². The fraction of sp³-hybridized carbons (Fsp3) is 0.435. The van der Waals surface area contributed by atoms with Gasteiger partial charge in [0.25, 0.3) is 0 Å². The Kier molecular flexibility index (Phi) is 6.65. The van der Waals surface area contributed by atoms with Crippen LogP contribution in [0.25, 0.3) is 6.08 Å². The van der Waals surface area contributed by atoms with Crippen molar-refractivity contribution in [2.45, 2.75) is 58.5 Å². The predicted octanol–water partition coefficient (Wildman–Crippen LogP) is 7.87. The standard InChI is InChI=1S/C9H7.C5H5.C3H9OSi.C2H7Si.C2H5.CH3.CH2.2ClH.Zr/c1-2-5-9-7-3-6-8(9)4-1;1-2-4-5-3-1;1-5(2,3)4;1-3-2;1-2;;;;;/h1-7H;1-3H,4H2;1-3H3;3H,1-2H3;1H2,2H3;1H3;1H2;2*1H;/q;;-1;;;;;;;+1. The van der Waals surface area contributed by atoms with Crippen LogP contribution in [0.5, 0.6) is 0 Å². The number of halogens is 2. The van der Waals surface area contributed by atoms with Gasteiger partial charge in [-0.05, 0) is 0 Å². The number of benzene rings is 1. The van der Waals surface area contributed by atoms with Gasteiger partial charge in [-0.2, -0.15) is 0 Å². The average Bonchev–Trinajstić information content (AvgIpc) is 3.25. The number of hydrogen-bond acceptors (Lipinski definition) is 1. The van der Waals surface area contributed by atoms with Crippen molar-refractivity contribution in [3.8, 4) is 0 Å². The van der Waals surface area contributed by atoms with Crippen LogP contribution in [0.4, 0.5) is 0 Å². The maximum atomic E-state index is 7.84. The van der Waals surface area contributed by atoms with E-state index in [9.17, 15) is 0 Å². The molecule has 0 aliphatic heterocycles. The molecule has 2 aliphatic carbocycles. The first-order valence-corrected chi connectivity index (χ1v) is 30.7. The zero-order chi connectivity index (χ0) is 20.2. The molecule has 164 valence electrons. The summed E-state index contributed by atoms with van der Waals surface area (Å²) in [7, 11) is -1.89. The van der Waals surface area contributed by atoms with E-state index in [2.05, 4.69) is 98.9 Å². The second-order valence-corrected chi connectivity index (χ2v) is 67.5. The first-order valence-electron chi connectivity index (χ1n) is 10.6. The molecule has 6 heteroatoms. The molecular formula is C23H40Cl2OSi2Zr. The van der Waals surface area contributed by atoms with Crippen LogP contribution in [-0.4, -0.2) is 18.5 Å². The van der Waals surface area contributed by atoms with Gasteiger partial charge in [0.05, 0.1) is 0 Å². The molecule has 29 heavy (non-hydrogen) atoms. The molecule has 2 aliphatic rings. The summed E-state index contributed by atoms with van der Waals surface area (Å²) in [5, 5.41) is 0. The monoisotopic (exact) mass is 548 g/mol. The summed E-state index contributed by atoms with van der Waals surface area (Å²) in [6.07, 6.45) is 12.8. The van der Waals surface area contributed by atoms with E-state index >= 15 is 0 Å². The van der Waals surface area contributed by atoms with E-state index in [1.165, 1.54) is 11.1 Å². The summed E-state index contributed by atoms with van der Waals surface area (Å²) in [5.74, 6) is -1.42. The van der Waals surface area contributed by atoms with Gasteiger partial charge in [-0.15, -0.1) is 24.8 Å². The summed E-state index contributed by atoms with van der Waals surface area (Å²) < 4.78 is 18.9. The third-order valence-electron chi connectivity index (χ3n) is 9.37. The Bertz CT molecular complexity index is 1030. The molecule has 0 saturated carbocycles. The third-order valence-corrected chi connectivity index (χ3v) is 88.9. The van der Waals surface area contributed by atoms with E-state index in [-0.39, 0.29) is 24.8 Å². The van der Waals surface area contributed by atoms with Crippen LogP contribution >= 0.6 is 24.8 Å². The number of hydrogen-bond donors (Lipinski definition) is 0. The Balaban J connectivity index is 0.00000210. The molecule has 1 nitrogen and oxygen atoms in total. The van der Waals surface area contributed by atoms with Crippen LogP contribution in [-0.2, 0) is 17.4 Å². The van der Waals surface area contributed by atoms with E-state index in [0.29, 0.717) is 3.63 Å². The van der Waals surface area contributed by atoms with E-state index in [1.54, 1.807) is 3.28 Å². The zero-order valence-electron chi connectivity index (χ0n) is 19.2. The summed E-state index contributed by atoms with van der Waals surface area (Å²) in [6, 6.07) is 8.94. The molecule has 0 radical (unpaired) electrons. The average molecular weight is 551 g/mol. The van der Waals surface area contributed by atoms with Crippen LogP contribution < -0.4 is 0 Å². The number of fused-ring (bicyclic) bond motifs is 1. The van der Waals surface area contributed by atoms with Crippen LogP contribution in [0.2, 0.25) is 41.5 Å². The minimum absolute atomic E-state index is 0. The predicted molar refractivity (Wildman–Crippen MR) is 141 cm³/mol. The van der Waals surface area contributed by atoms with E-state index in [4.69, 9.17) is 6.71 Å². The minimum atomic E-state index is -5.18. The number of rotatable bonds is 6. The van der Waals surface area contributed by atoms with Crippen molar-refractivity contribution in [1.82, 2.24) is 0 Å². The Morgan fingerprint density at radius 2 is 1.79 bits per heavy atom. The van der Waals surface area contributed by atoms with Crippen molar-refractivity contribution in [2.75, 3.05) is 0 Å². The first-order chi connectivity index (χ1) is 12.3. The molecule has 0 saturated heterocycles. The molecule has 1 unspecified atom stereocenters. The molecule has 0 heterocycles. The van der Waals surface area contributed by atoms with Gasteiger partial charge in [0, 0.05) is 0 Å². The zero-order valence-corrected chi connectivity index (χ0v) is 25.4. The molecule has 1 aromatic carbocycles. The fourth-order valence-electron chi connectivity index (χ4n) is 6.77. The third kappa shape index (κ3) is 3.16. The van der Waals surface area contributed by atoms with Crippen molar-refractivity contribution in [1.29, 1.82) is 0 Å². The molecule has 0 aromatic heterocycles. The van der Waals surface area contributed by atoms with Crippen LogP contribution in [0.15, 0.2) is 51.9 Å². The summed E-state index contributed by atoms with van der Waals surface area (Å²) in [4.78, 5) is 0. The topological polar surface area (TPSA) is 9.23 Å². The van der Waals surface area contributed by atoms with Crippen molar-refractivity contribution in [3.63, 3.8) is 0 Å². The SMILES string of the molecule is Cl.Cl.[CH2]=[Zr]([CH3])([CH2]C)([O][Si](C)(C)C)([C]1=CC=CC1)([CH]1C=Cc2ccccc21)[SiH](C)C. The molecule has 0 spiro atoms. The van der Waals surface area contributed by atoms with E-state index < -0.39 is 29.2 Å². The summed E-state index contributed by atoms with van der Waals surface area (Å²) in [5.41, 5.74) is 2.81. The van der Waals surface area contributed by atoms with Crippen molar-refractivity contribution in [2.24, 2.45) is 0 Å². The Morgan fingerprint density at radius 1 is 1.17 bits per heavy atom. The van der Waals surface area contributed by atoms with E-state index in [0.717, 1.165) is 10.5 Å². The van der Waals surface area contributed by atoms with Gasteiger partial charge < -0.3 is 0 Å². The van der Waals surface area contributed by atoms with Gasteiger partial charge in [0.2, 0.25) is 0 Å². The Morgan fingerprint density at radius 3 is 2.28 bits per heavy atom. The van der Waals surface area contributed by atoms with Gasteiger partial charge in [-0.25, -0.2) is 0 Å². The molecule has 1 atom stereocenters. The van der Waals surface area contributed by atoms with Crippen molar-refractivity contribution < 1.29 is 17.4 Å². The fourth-order valence-corrected chi connectivity index (χ4v) is 78.5. The second kappa shape index (κ2) is 7.09. The Hall–Kier alpha value is 0.167. The van der Waals surface area contributed by atoms with Crippen molar-refractivity contribution >= 4 is 49.3 Å². The molecule has 0 bridgehead atoms. The Labute approximate surface area is 186 Å². The normalized spacial score (nSPS) is 21.9. The van der Waals surface area contributed by atoms with Gasteiger partial charge in [-0.3, -0.25) is 0 Å². The molecular weight excluding hydrogens is 511 g/mol. The quantitative estimate of drug-likeness (QED) is 0.328. The molecule has 0 N–H and O–H groups in total. The number of allylic oxidation sites excluding steroid dienone is 5. The molecule has 3 rings (SSSR count). The molecule has 0 amide bonds. The first kappa shape index (κ1) is 27.2. The maximum absolute atomic E-state index is 7.84. The van der Waals surface area contributed by atoms with Crippen LogP contribution in [0, 0.1) is 0 Å². The second-order valence-electron chi connectivity index (χ2n) is 11.8. The van der Waals surface area contributed by atoms with Crippen LogP contribution in [0.3, 0.4) is 0 Å².